The van der Waals surface area contributed by atoms with Crippen LogP contribution in [0.5, 0.6) is 5.75 Å². The molecule has 1 aliphatic rings. The summed E-state index contributed by atoms with van der Waals surface area (Å²) >= 11 is 5.92. The Morgan fingerprint density at radius 1 is 1.43 bits per heavy atom. The van der Waals surface area contributed by atoms with Crippen molar-refractivity contribution >= 4 is 17.5 Å². The maximum atomic E-state index is 11.4. The molecule has 1 amide bonds. The Bertz CT molecular complexity index is 684. The van der Waals surface area contributed by atoms with Crippen LogP contribution in [-0.4, -0.2) is 15.7 Å². The smallest absolute Gasteiger partial charge is 0.287 e. The van der Waals surface area contributed by atoms with Crippen molar-refractivity contribution in [3.63, 3.8) is 0 Å². The third-order valence-corrected chi connectivity index (χ3v) is 3.77. The van der Waals surface area contributed by atoms with E-state index >= 15 is 0 Å². The SMILES string of the molecule is NNC(=O)c1nn(COc2ccc3c(c2)CCC3)cc1Cl. The number of carbonyl (C=O) groups excluding carboxylic acids is 1. The lowest BCUT2D eigenvalue weighted by Gasteiger charge is -2.08. The molecule has 21 heavy (non-hydrogen) atoms. The van der Waals surface area contributed by atoms with Gasteiger partial charge < -0.3 is 4.74 Å². The van der Waals surface area contributed by atoms with Crippen molar-refractivity contribution in [3.8, 4) is 5.75 Å². The number of ether oxygens (including phenoxy) is 1. The minimum Gasteiger partial charge on any atom is -0.471 e. The summed E-state index contributed by atoms with van der Waals surface area (Å²) in [4.78, 5) is 11.4. The number of nitrogens with one attached hydrogen (secondary N) is 1. The largest absolute Gasteiger partial charge is 0.471 e. The summed E-state index contributed by atoms with van der Waals surface area (Å²) in [6.45, 7) is 0.177. The molecule has 0 saturated heterocycles. The Kier molecular flexibility index (Phi) is 3.81. The molecule has 6 nitrogen and oxygen atoms in total. The molecule has 0 fully saturated rings. The van der Waals surface area contributed by atoms with Crippen LogP contribution in [0.15, 0.2) is 24.4 Å². The Balaban J connectivity index is 1.69. The second kappa shape index (κ2) is 5.75. The van der Waals surface area contributed by atoms with Crippen LogP contribution in [-0.2, 0) is 19.6 Å². The van der Waals surface area contributed by atoms with Gasteiger partial charge in [0.1, 0.15) is 5.75 Å². The van der Waals surface area contributed by atoms with Crippen molar-refractivity contribution < 1.29 is 9.53 Å². The van der Waals surface area contributed by atoms with Gasteiger partial charge >= 0.3 is 0 Å². The summed E-state index contributed by atoms with van der Waals surface area (Å²) in [5, 5.41) is 4.27. The fourth-order valence-electron chi connectivity index (χ4n) is 2.46. The lowest BCUT2D eigenvalue weighted by molar-refractivity contribution is 0.0946. The third-order valence-electron chi connectivity index (χ3n) is 3.50. The van der Waals surface area contributed by atoms with Crippen molar-refractivity contribution in [1.29, 1.82) is 0 Å². The van der Waals surface area contributed by atoms with E-state index < -0.39 is 5.91 Å². The molecule has 0 bridgehead atoms. The number of hydrogen-bond donors (Lipinski definition) is 2. The molecule has 1 aromatic heterocycles. The van der Waals surface area contributed by atoms with Gasteiger partial charge in [-0.3, -0.25) is 10.2 Å². The van der Waals surface area contributed by atoms with Gasteiger partial charge in [-0.2, -0.15) is 5.10 Å². The molecular formula is C14H15ClN4O2. The first-order valence-electron chi connectivity index (χ1n) is 6.66. The van der Waals surface area contributed by atoms with E-state index in [1.54, 1.807) is 0 Å². The zero-order chi connectivity index (χ0) is 14.8. The third kappa shape index (κ3) is 2.86. The van der Waals surface area contributed by atoms with Crippen molar-refractivity contribution in [1.82, 2.24) is 15.2 Å². The molecule has 0 atom stereocenters. The molecule has 1 aliphatic carbocycles. The first-order valence-corrected chi connectivity index (χ1v) is 7.03. The van der Waals surface area contributed by atoms with Crippen LogP contribution in [0.25, 0.3) is 0 Å². The normalized spacial score (nSPS) is 13.0. The summed E-state index contributed by atoms with van der Waals surface area (Å²) in [5.41, 5.74) is 4.81. The van der Waals surface area contributed by atoms with E-state index in [2.05, 4.69) is 17.2 Å². The van der Waals surface area contributed by atoms with Gasteiger partial charge in [0.2, 0.25) is 0 Å². The predicted octanol–water partition coefficient (Wildman–Crippen LogP) is 1.67. The van der Waals surface area contributed by atoms with Crippen LogP contribution >= 0.6 is 11.6 Å². The monoisotopic (exact) mass is 306 g/mol. The lowest BCUT2D eigenvalue weighted by atomic mass is 10.1. The molecule has 3 N–H and O–H groups in total. The van der Waals surface area contributed by atoms with Crippen molar-refractivity contribution in [2.75, 3.05) is 0 Å². The Morgan fingerprint density at radius 2 is 2.24 bits per heavy atom. The molecule has 7 heteroatoms. The molecule has 0 radical (unpaired) electrons. The predicted molar refractivity (Wildman–Crippen MR) is 78.0 cm³/mol. The number of benzene rings is 1. The maximum absolute atomic E-state index is 11.4. The zero-order valence-corrected chi connectivity index (χ0v) is 12.1. The highest BCUT2D eigenvalue weighted by atomic mass is 35.5. The Labute approximate surface area is 126 Å². The van der Waals surface area contributed by atoms with Crippen LogP contribution in [0.2, 0.25) is 5.02 Å². The van der Waals surface area contributed by atoms with Crippen LogP contribution < -0.4 is 16.0 Å². The second-order valence-electron chi connectivity index (χ2n) is 4.90. The Hall–Kier alpha value is -2.05. The molecule has 1 aromatic carbocycles. The standard InChI is InChI=1S/C14H15ClN4O2/c15-12-7-19(18-13(12)14(20)17-16)8-21-11-5-4-9-2-1-3-10(9)6-11/h4-7H,1-3,8,16H2,(H,17,20). The fourth-order valence-corrected chi connectivity index (χ4v) is 2.70. The van der Waals surface area contributed by atoms with Gasteiger partial charge in [-0.15, -0.1) is 0 Å². The van der Waals surface area contributed by atoms with Gasteiger partial charge in [-0.25, -0.2) is 10.5 Å². The number of amides is 1. The number of rotatable bonds is 4. The number of nitrogen functional groups attached to an aromatic ring is 1. The molecule has 0 spiro atoms. The van der Waals surface area contributed by atoms with E-state index in [0.29, 0.717) is 0 Å². The van der Waals surface area contributed by atoms with E-state index in [4.69, 9.17) is 22.2 Å². The quantitative estimate of drug-likeness (QED) is 0.511. The molecule has 110 valence electrons. The Morgan fingerprint density at radius 3 is 3.05 bits per heavy atom. The molecule has 0 unspecified atom stereocenters. The fraction of sp³-hybridized carbons (Fsp3) is 0.286. The first-order chi connectivity index (χ1) is 10.2. The van der Waals surface area contributed by atoms with Crippen LogP contribution in [0, 0.1) is 0 Å². The van der Waals surface area contributed by atoms with Gasteiger partial charge in [-0.1, -0.05) is 17.7 Å². The van der Waals surface area contributed by atoms with Gasteiger partial charge in [0.25, 0.3) is 5.91 Å². The zero-order valence-electron chi connectivity index (χ0n) is 11.3. The number of aryl methyl sites for hydroxylation is 2. The maximum Gasteiger partial charge on any atom is 0.287 e. The van der Waals surface area contributed by atoms with Crippen molar-refractivity contribution in [3.05, 3.63) is 46.2 Å². The number of fused-ring (bicyclic) bond motifs is 1. The molecule has 0 saturated carbocycles. The topological polar surface area (TPSA) is 82.2 Å². The van der Waals surface area contributed by atoms with E-state index in [1.807, 2.05) is 11.5 Å². The minimum atomic E-state index is -0.531. The summed E-state index contributed by atoms with van der Waals surface area (Å²) < 4.78 is 7.14. The minimum absolute atomic E-state index is 0.0803. The van der Waals surface area contributed by atoms with Gasteiger partial charge in [0.05, 0.1) is 5.02 Å². The summed E-state index contributed by atoms with van der Waals surface area (Å²) in [6, 6.07) is 6.10. The van der Waals surface area contributed by atoms with Crippen molar-refractivity contribution in [2.24, 2.45) is 5.84 Å². The highest BCUT2D eigenvalue weighted by Gasteiger charge is 2.15. The van der Waals surface area contributed by atoms with Crippen LogP contribution in [0.4, 0.5) is 0 Å². The highest BCUT2D eigenvalue weighted by molar-refractivity contribution is 6.33. The van der Waals surface area contributed by atoms with Crippen LogP contribution in [0.3, 0.4) is 0 Å². The number of carbonyl (C=O) groups is 1. The number of hydrogen-bond acceptors (Lipinski definition) is 4. The van der Waals surface area contributed by atoms with E-state index in [0.717, 1.165) is 18.6 Å². The highest BCUT2D eigenvalue weighted by Crippen LogP contribution is 2.26. The molecular weight excluding hydrogens is 292 g/mol. The molecule has 1 heterocycles. The number of nitrogens with zero attached hydrogens (tertiary/aromatic N) is 2. The number of aromatic nitrogens is 2. The van der Waals surface area contributed by atoms with Crippen molar-refractivity contribution in [2.45, 2.75) is 26.0 Å². The van der Waals surface area contributed by atoms with Gasteiger partial charge in [0.15, 0.2) is 12.4 Å². The molecule has 0 aliphatic heterocycles. The number of halogens is 1. The molecule has 2 aromatic rings. The summed E-state index contributed by atoms with van der Waals surface area (Å²) in [5.74, 6) is 5.31. The average molecular weight is 307 g/mol. The average Bonchev–Trinajstić information content (AvgIpc) is 3.10. The van der Waals surface area contributed by atoms with Gasteiger partial charge in [-0.05, 0) is 42.5 Å². The van der Waals surface area contributed by atoms with Gasteiger partial charge in [0, 0.05) is 6.20 Å². The van der Waals surface area contributed by atoms with E-state index in [9.17, 15) is 4.79 Å². The molecule has 3 rings (SSSR count). The summed E-state index contributed by atoms with van der Waals surface area (Å²) in [7, 11) is 0. The van der Waals surface area contributed by atoms with E-state index in [1.165, 1.54) is 28.4 Å². The lowest BCUT2D eigenvalue weighted by Crippen LogP contribution is -2.30. The van der Waals surface area contributed by atoms with Crippen LogP contribution in [0.1, 0.15) is 28.0 Å². The first kappa shape index (κ1) is 13.9. The van der Waals surface area contributed by atoms with E-state index in [-0.39, 0.29) is 17.4 Å². The number of hydrazine groups is 1. The summed E-state index contributed by atoms with van der Waals surface area (Å²) in [6.07, 6.45) is 4.97. The number of nitrogens with two attached hydrogens (primary N) is 1. The second-order valence-corrected chi connectivity index (χ2v) is 5.30.